The van der Waals surface area contributed by atoms with Crippen molar-refractivity contribution in [3.8, 4) is 0 Å². The van der Waals surface area contributed by atoms with Gasteiger partial charge in [-0.2, -0.15) is 4.31 Å². The molecular formula is C19H23FN2O4S2. The Morgan fingerprint density at radius 2 is 1.93 bits per heavy atom. The number of hydrogen-bond acceptors (Lipinski definition) is 6. The van der Waals surface area contributed by atoms with E-state index >= 15 is 0 Å². The Morgan fingerprint density at radius 1 is 1.25 bits per heavy atom. The number of thiazole rings is 1. The summed E-state index contributed by atoms with van der Waals surface area (Å²) >= 11 is 1.23. The molecule has 152 valence electrons. The molecule has 0 saturated heterocycles. The van der Waals surface area contributed by atoms with Gasteiger partial charge in [0.1, 0.15) is 10.8 Å². The van der Waals surface area contributed by atoms with E-state index in [2.05, 4.69) is 4.98 Å². The number of benzene rings is 1. The van der Waals surface area contributed by atoms with Crippen LogP contribution in [0.2, 0.25) is 0 Å². The minimum Gasteiger partial charge on any atom is -0.461 e. The lowest BCUT2D eigenvalue weighted by Gasteiger charge is -2.32. The third kappa shape index (κ3) is 4.76. The fraction of sp³-hybridized carbons (Fsp3) is 0.474. The van der Waals surface area contributed by atoms with Crippen molar-refractivity contribution in [2.75, 3.05) is 6.61 Å². The van der Waals surface area contributed by atoms with Crippen molar-refractivity contribution < 1.29 is 22.3 Å². The van der Waals surface area contributed by atoms with Crippen molar-refractivity contribution in [2.24, 2.45) is 0 Å². The lowest BCUT2D eigenvalue weighted by atomic mass is 9.95. The summed E-state index contributed by atoms with van der Waals surface area (Å²) < 4.78 is 46.2. The lowest BCUT2D eigenvalue weighted by Crippen LogP contribution is -2.40. The molecule has 3 rings (SSSR count). The van der Waals surface area contributed by atoms with Crippen LogP contribution in [-0.4, -0.2) is 36.3 Å². The maximum Gasteiger partial charge on any atom is 0.357 e. The topological polar surface area (TPSA) is 76.6 Å². The first-order valence-corrected chi connectivity index (χ1v) is 11.6. The number of halogens is 1. The zero-order valence-corrected chi connectivity index (χ0v) is 17.3. The maximum absolute atomic E-state index is 13.3. The first-order chi connectivity index (χ1) is 13.4. The third-order valence-corrected chi connectivity index (χ3v) is 7.48. The minimum absolute atomic E-state index is 0.0571. The predicted molar refractivity (Wildman–Crippen MR) is 104 cm³/mol. The number of carbonyl (C=O) groups excluding carboxylic acids is 1. The molecule has 9 heteroatoms. The van der Waals surface area contributed by atoms with Gasteiger partial charge in [-0.25, -0.2) is 22.6 Å². The molecule has 1 aliphatic rings. The zero-order chi connectivity index (χ0) is 20.1. The van der Waals surface area contributed by atoms with Gasteiger partial charge in [-0.15, -0.1) is 11.3 Å². The standard InChI is InChI=1S/C19H23FN2O4S2/c1-2-26-19(23)17-13-27-18(21-17)12-22(15-6-4-3-5-7-15)28(24,25)16-10-8-14(20)9-11-16/h8-11,13,15H,2-7,12H2,1H3. The van der Waals surface area contributed by atoms with E-state index < -0.39 is 21.8 Å². The molecule has 1 aliphatic carbocycles. The van der Waals surface area contributed by atoms with E-state index in [0.717, 1.165) is 44.2 Å². The highest BCUT2D eigenvalue weighted by Gasteiger charge is 2.33. The SMILES string of the molecule is CCOC(=O)c1csc(CN(C2CCCCC2)S(=O)(=O)c2ccc(F)cc2)n1. The van der Waals surface area contributed by atoms with Crippen LogP contribution in [0.5, 0.6) is 0 Å². The summed E-state index contributed by atoms with van der Waals surface area (Å²) in [7, 11) is -3.82. The molecule has 1 fully saturated rings. The Hall–Kier alpha value is -1.84. The van der Waals surface area contributed by atoms with Gasteiger partial charge in [0.05, 0.1) is 18.0 Å². The summed E-state index contributed by atoms with van der Waals surface area (Å²) in [6, 6.07) is 4.72. The molecule has 0 N–H and O–H groups in total. The second-order valence-corrected chi connectivity index (χ2v) is 9.48. The molecule has 1 aromatic heterocycles. The van der Waals surface area contributed by atoms with Gasteiger partial charge in [0, 0.05) is 11.4 Å². The van der Waals surface area contributed by atoms with Crippen LogP contribution in [-0.2, 0) is 21.3 Å². The smallest absolute Gasteiger partial charge is 0.357 e. The predicted octanol–water partition coefficient (Wildman–Crippen LogP) is 3.98. The highest BCUT2D eigenvalue weighted by atomic mass is 32.2. The molecule has 0 atom stereocenters. The van der Waals surface area contributed by atoms with Crippen LogP contribution in [0.4, 0.5) is 4.39 Å². The van der Waals surface area contributed by atoms with E-state index in [9.17, 15) is 17.6 Å². The summed E-state index contributed by atoms with van der Waals surface area (Å²) in [5.74, 6) is -1.00. The summed E-state index contributed by atoms with van der Waals surface area (Å²) in [4.78, 5) is 16.2. The van der Waals surface area contributed by atoms with Crippen molar-refractivity contribution >= 4 is 27.3 Å². The summed E-state index contributed by atoms with van der Waals surface area (Å²) in [6.45, 7) is 2.04. The molecule has 1 aromatic carbocycles. The second kappa shape index (κ2) is 9.11. The average Bonchev–Trinajstić information content (AvgIpc) is 3.16. The van der Waals surface area contributed by atoms with Crippen LogP contribution in [0.1, 0.15) is 54.5 Å². The third-order valence-electron chi connectivity index (χ3n) is 4.73. The van der Waals surface area contributed by atoms with E-state index in [-0.39, 0.29) is 29.8 Å². The summed E-state index contributed by atoms with van der Waals surface area (Å²) in [6.07, 6.45) is 4.57. The lowest BCUT2D eigenvalue weighted by molar-refractivity contribution is 0.0520. The summed E-state index contributed by atoms with van der Waals surface area (Å²) in [5.41, 5.74) is 0.185. The molecule has 0 aliphatic heterocycles. The number of esters is 1. The van der Waals surface area contributed by atoms with Crippen LogP contribution in [0, 0.1) is 5.82 Å². The van der Waals surface area contributed by atoms with E-state index in [1.807, 2.05) is 0 Å². The fourth-order valence-electron chi connectivity index (χ4n) is 3.34. The normalized spacial score (nSPS) is 15.7. The maximum atomic E-state index is 13.3. The highest BCUT2D eigenvalue weighted by molar-refractivity contribution is 7.89. The van der Waals surface area contributed by atoms with Gasteiger partial charge >= 0.3 is 5.97 Å². The molecule has 2 aromatic rings. The van der Waals surface area contributed by atoms with Crippen molar-refractivity contribution in [2.45, 2.75) is 56.5 Å². The van der Waals surface area contributed by atoms with Gasteiger partial charge in [0.15, 0.2) is 5.69 Å². The van der Waals surface area contributed by atoms with Crippen LogP contribution in [0.25, 0.3) is 0 Å². The molecule has 0 bridgehead atoms. The Morgan fingerprint density at radius 3 is 2.57 bits per heavy atom. The first-order valence-electron chi connectivity index (χ1n) is 9.30. The molecule has 0 radical (unpaired) electrons. The van der Waals surface area contributed by atoms with Crippen molar-refractivity contribution in [3.05, 3.63) is 46.2 Å². The largest absolute Gasteiger partial charge is 0.461 e. The van der Waals surface area contributed by atoms with E-state index in [4.69, 9.17) is 4.74 Å². The van der Waals surface area contributed by atoms with E-state index in [1.165, 1.54) is 27.8 Å². The van der Waals surface area contributed by atoms with Crippen LogP contribution < -0.4 is 0 Å². The van der Waals surface area contributed by atoms with Crippen molar-refractivity contribution in [1.29, 1.82) is 0 Å². The second-order valence-electron chi connectivity index (χ2n) is 6.64. The number of aromatic nitrogens is 1. The van der Waals surface area contributed by atoms with Gasteiger partial charge < -0.3 is 4.74 Å². The molecule has 1 saturated carbocycles. The van der Waals surface area contributed by atoms with Crippen LogP contribution in [0.3, 0.4) is 0 Å². The highest BCUT2D eigenvalue weighted by Crippen LogP contribution is 2.30. The molecule has 0 unspecified atom stereocenters. The van der Waals surface area contributed by atoms with Crippen LogP contribution in [0.15, 0.2) is 34.5 Å². The molecule has 6 nitrogen and oxygen atoms in total. The van der Waals surface area contributed by atoms with Gasteiger partial charge in [0.25, 0.3) is 0 Å². The summed E-state index contributed by atoms with van der Waals surface area (Å²) in [5, 5.41) is 2.11. The Labute approximate surface area is 168 Å². The number of nitrogens with zero attached hydrogens (tertiary/aromatic N) is 2. The van der Waals surface area contributed by atoms with Crippen molar-refractivity contribution in [1.82, 2.24) is 9.29 Å². The van der Waals surface area contributed by atoms with Gasteiger partial charge in [0.2, 0.25) is 10.0 Å². The number of rotatable bonds is 7. The quantitative estimate of drug-likeness (QED) is 0.626. The average molecular weight is 427 g/mol. The number of hydrogen-bond donors (Lipinski definition) is 0. The number of ether oxygens (including phenoxy) is 1. The fourth-order valence-corrected chi connectivity index (χ4v) is 5.83. The molecule has 0 amide bonds. The zero-order valence-electron chi connectivity index (χ0n) is 15.6. The van der Waals surface area contributed by atoms with Gasteiger partial charge in [-0.05, 0) is 44.0 Å². The van der Waals surface area contributed by atoms with E-state index in [0.29, 0.717) is 5.01 Å². The minimum atomic E-state index is -3.82. The Balaban J connectivity index is 1.89. The monoisotopic (exact) mass is 426 g/mol. The van der Waals surface area contributed by atoms with Gasteiger partial charge in [-0.3, -0.25) is 0 Å². The first kappa shape index (κ1) is 20.9. The molecule has 1 heterocycles. The molecular weight excluding hydrogens is 403 g/mol. The van der Waals surface area contributed by atoms with Crippen LogP contribution >= 0.6 is 11.3 Å². The number of sulfonamides is 1. The Bertz CT molecular complexity index is 906. The Kier molecular flexibility index (Phi) is 6.79. The molecule has 28 heavy (non-hydrogen) atoms. The number of carbonyl (C=O) groups is 1. The van der Waals surface area contributed by atoms with Gasteiger partial charge in [-0.1, -0.05) is 19.3 Å². The van der Waals surface area contributed by atoms with E-state index in [1.54, 1.807) is 12.3 Å². The molecule has 0 spiro atoms. The van der Waals surface area contributed by atoms with Crippen molar-refractivity contribution in [3.63, 3.8) is 0 Å².